The van der Waals surface area contributed by atoms with E-state index in [1.54, 1.807) is 0 Å². The highest BCUT2D eigenvalue weighted by atomic mass is 16.2. The third-order valence-electron chi connectivity index (χ3n) is 6.12. The molecule has 0 radical (unpaired) electrons. The SMILES string of the molecule is Cc1cc(C)n([C@H]2CCN(C(=O)CN3CCC(c4ccccc4)CC3)C2)n1. The number of amides is 1. The molecule has 5 heteroatoms. The molecule has 0 saturated carbocycles. The van der Waals surface area contributed by atoms with Crippen LogP contribution in [0.15, 0.2) is 36.4 Å². The first-order chi connectivity index (χ1) is 13.1. The zero-order valence-corrected chi connectivity index (χ0v) is 16.5. The molecule has 0 N–H and O–H groups in total. The highest BCUT2D eigenvalue weighted by Crippen LogP contribution is 2.28. The van der Waals surface area contributed by atoms with Crippen LogP contribution in [0.2, 0.25) is 0 Å². The molecule has 2 aliphatic heterocycles. The minimum absolute atomic E-state index is 0.275. The van der Waals surface area contributed by atoms with Gasteiger partial charge >= 0.3 is 0 Å². The van der Waals surface area contributed by atoms with Gasteiger partial charge in [-0.3, -0.25) is 14.4 Å². The summed E-state index contributed by atoms with van der Waals surface area (Å²) in [7, 11) is 0. The summed E-state index contributed by atoms with van der Waals surface area (Å²) in [4.78, 5) is 17.2. The van der Waals surface area contributed by atoms with E-state index in [-0.39, 0.29) is 5.91 Å². The molecule has 144 valence electrons. The van der Waals surface area contributed by atoms with Crippen molar-refractivity contribution in [1.29, 1.82) is 0 Å². The molecule has 2 aromatic rings. The number of carbonyl (C=O) groups is 1. The molecule has 1 amide bonds. The van der Waals surface area contributed by atoms with Crippen LogP contribution >= 0.6 is 0 Å². The fourth-order valence-corrected chi connectivity index (χ4v) is 4.62. The van der Waals surface area contributed by atoms with Crippen LogP contribution in [-0.4, -0.2) is 58.2 Å². The van der Waals surface area contributed by atoms with Crippen LogP contribution in [0.5, 0.6) is 0 Å². The maximum Gasteiger partial charge on any atom is 0.236 e. The number of nitrogens with zero attached hydrogens (tertiary/aromatic N) is 4. The van der Waals surface area contributed by atoms with Crippen LogP contribution in [0, 0.1) is 13.8 Å². The van der Waals surface area contributed by atoms with Crippen molar-refractivity contribution in [3.8, 4) is 0 Å². The standard InChI is InChI=1S/C22H30N4O/c1-17-14-18(2)26(23-17)21-10-13-25(15-21)22(27)16-24-11-8-20(9-12-24)19-6-4-3-5-7-19/h3-7,14,20-21H,8-13,15-16H2,1-2H3/t21-/m0/s1. The van der Waals surface area contributed by atoms with E-state index in [0.717, 1.165) is 51.1 Å². The van der Waals surface area contributed by atoms with E-state index in [4.69, 9.17) is 0 Å². The van der Waals surface area contributed by atoms with E-state index in [9.17, 15) is 4.79 Å². The highest BCUT2D eigenvalue weighted by molar-refractivity contribution is 5.78. The second-order valence-electron chi connectivity index (χ2n) is 8.12. The van der Waals surface area contributed by atoms with Crippen molar-refractivity contribution in [3.05, 3.63) is 53.3 Å². The van der Waals surface area contributed by atoms with Gasteiger partial charge in [-0.25, -0.2) is 0 Å². The Morgan fingerprint density at radius 2 is 1.81 bits per heavy atom. The number of hydrogen-bond donors (Lipinski definition) is 0. The zero-order chi connectivity index (χ0) is 18.8. The number of benzene rings is 1. The molecule has 0 spiro atoms. The largest absolute Gasteiger partial charge is 0.339 e. The highest BCUT2D eigenvalue weighted by Gasteiger charge is 2.30. The Morgan fingerprint density at radius 3 is 2.48 bits per heavy atom. The Labute approximate surface area is 162 Å². The van der Waals surface area contributed by atoms with Crippen LogP contribution in [0.3, 0.4) is 0 Å². The van der Waals surface area contributed by atoms with E-state index in [1.807, 2.05) is 11.8 Å². The maximum absolute atomic E-state index is 12.8. The number of hydrogen-bond acceptors (Lipinski definition) is 3. The van der Waals surface area contributed by atoms with E-state index in [0.29, 0.717) is 18.5 Å². The van der Waals surface area contributed by atoms with Gasteiger partial charge in [-0.2, -0.15) is 5.10 Å². The van der Waals surface area contributed by atoms with Crippen molar-refractivity contribution in [3.63, 3.8) is 0 Å². The first kappa shape index (κ1) is 18.2. The van der Waals surface area contributed by atoms with Crippen LogP contribution in [0.1, 0.15) is 48.2 Å². The molecule has 4 rings (SSSR count). The van der Waals surface area contributed by atoms with Gasteiger partial charge < -0.3 is 4.90 Å². The van der Waals surface area contributed by atoms with Crippen molar-refractivity contribution in [2.45, 2.75) is 45.1 Å². The van der Waals surface area contributed by atoms with Gasteiger partial charge in [0.15, 0.2) is 0 Å². The van der Waals surface area contributed by atoms with Gasteiger partial charge in [0.1, 0.15) is 0 Å². The molecule has 2 aliphatic rings. The molecule has 0 bridgehead atoms. The van der Waals surface area contributed by atoms with Gasteiger partial charge in [-0.15, -0.1) is 0 Å². The lowest BCUT2D eigenvalue weighted by Crippen LogP contribution is -2.42. The van der Waals surface area contributed by atoms with Crippen molar-refractivity contribution in [2.24, 2.45) is 0 Å². The van der Waals surface area contributed by atoms with Gasteiger partial charge in [-0.05, 0) is 63.7 Å². The maximum atomic E-state index is 12.8. The molecule has 1 atom stereocenters. The minimum Gasteiger partial charge on any atom is -0.339 e. The number of aromatic nitrogens is 2. The quantitative estimate of drug-likeness (QED) is 0.835. The lowest BCUT2D eigenvalue weighted by atomic mass is 9.89. The molecular weight excluding hydrogens is 336 g/mol. The summed E-state index contributed by atoms with van der Waals surface area (Å²) >= 11 is 0. The number of piperidine rings is 1. The molecule has 5 nitrogen and oxygen atoms in total. The first-order valence-electron chi connectivity index (χ1n) is 10.2. The Bertz CT molecular complexity index is 777. The number of aryl methyl sites for hydroxylation is 2. The minimum atomic E-state index is 0.275. The molecule has 0 unspecified atom stereocenters. The second kappa shape index (κ2) is 7.85. The zero-order valence-electron chi connectivity index (χ0n) is 16.5. The van der Waals surface area contributed by atoms with Gasteiger partial charge in [0.2, 0.25) is 5.91 Å². The molecular formula is C22H30N4O. The summed E-state index contributed by atoms with van der Waals surface area (Å²) in [5.74, 6) is 0.914. The molecule has 1 aromatic carbocycles. The summed E-state index contributed by atoms with van der Waals surface area (Å²) in [6.07, 6.45) is 3.29. The number of rotatable bonds is 4. The van der Waals surface area contributed by atoms with Crippen molar-refractivity contribution in [1.82, 2.24) is 19.6 Å². The lowest BCUT2D eigenvalue weighted by molar-refractivity contribution is -0.131. The van der Waals surface area contributed by atoms with Gasteiger partial charge in [-0.1, -0.05) is 30.3 Å². The summed E-state index contributed by atoms with van der Waals surface area (Å²) in [5, 5.41) is 4.61. The fraction of sp³-hybridized carbons (Fsp3) is 0.545. The summed E-state index contributed by atoms with van der Waals surface area (Å²) in [5.41, 5.74) is 3.68. The van der Waals surface area contributed by atoms with Crippen molar-refractivity contribution >= 4 is 5.91 Å². The number of carbonyl (C=O) groups excluding carboxylic acids is 1. The topological polar surface area (TPSA) is 41.4 Å². The number of likely N-dealkylation sites (tertiary alicyclic amines) is 2. The van der Waals surface area contributed by atoms with Crippen LogP contribution in [0.4, 0.5) is 0 Å². The first-order valence-corrected chi connectivity index (χ1v) is 10.2. The van der Waals surface area contributed by atoms with Gasteiger partial charge in [0.25, 0.3) is 0 Å². The van der Waals surface area contributed by atoms with E-state index < -0.39 is 0 Å². The Kier molecular flexibility index (Phi) is 5.30. The predicted octanol–water partition coefficient (Wildman–Crippen LogP) is 3.15. The summed E-state index contributed by atoms with van der Waals surface area (Å²) in [6, 6.07) is 13.2. The third kappa shape index (κ3) is 4.08. The summed E-state index contributed by atoms with van der Waals surface area (Å²) < 4.78 is 2.11. The second-order valence-corrected chi connectivity index (χ2v) is 8.12. The van der Waals surface area contributed by atoms with Crippen LogP contribution in [0.25, 0.3) is 0 Å². The Hall–Kier alpha value is -2.14. The van der Waals surface area contributed by atoms with Crippen molar-refractivity contribution < 1.29 is 4.79 Å². The van der Waals surface area contributed by atoms with E-state index in [2.05, 4.69) is 58.0 Å². The molecule has 3 heterocycles. The Morgan fingerprint density at radius 1 is 1.07 bits per heavy atom. The Balaban J connectivity index is 1.27. The lowest BCUT2D eigenvalue weighted by Gasteiger charge is -2.32. The smallest absolute Gasteiger partial charge is 0.236 e. The molecule has 1 aromatic heterocycles. The average Bonchev–Trinajstić information content (AvgIpc) is 3.29. The predicted molar refractivity (Wildman–Crippen MR) is 107 cm³/mol. The van der Waals surface area contributed by atoms with E-state index in [1.165, 1.54) is 11.3 Å². The van der Waals surface area contributed by atoms with Crippen LogP contribution < -0.4 is 0 Å². The molecule has 2 fully saturated rings. The molecule has 0 aliphatic carbocycles. The fourth-order valence-electron chi connectivity index (χ4n) is 4.62. The van der Waals surface area contributed by atoms with Gasteiger partial charge in [0, 0.05) is 18.8 Å². The molecule has 2 saturated heterocycles. The normalized spacial score (nSPS) is 21.7. The van der Waals surface area contributed by atoms with Crippen molar-refractivity contribution in [2.75, 3.05) is 32.7 Å². The van der Waals surface area contributed by atoms with Crippen LogP contribution in [-0.2, 0) is 4.79 Å². The van der Waals surface area contributed by atoms with E-state index >= 15 is 0 Å². The third-order valence-corrected chi connectivity index (χ3v) is 6.12. The summed E-state index contributed by atoms with van der Waals surface area (Å²) in [6.45, 7) is 8.36. The molecule has 27 heavy (non-hydrogen) atoms. The average molecular weight is 367 g/mol. The van der Waals surface area contributed by atoms with Gasteiger partial charge in [0.05, 0.1) is 18.3 Å². The monoisotopic (exact) mass is 366 g/mol.